The van der Waals surface area contributed by atoms with Crippen LogP contribution >= 0.6 is 0 Å². The quantitative estimate of drug-likeness (QED) is 0.157. The first-order valence-electron chi connectivity index (χ1n) is 20.3. The summed E-state index contributed by atoms with van der Waals surface area (Å²) in [5.41, 5.74) is 15.9. The number of nitrogens with zero attached hydrogens (tertiary/aromatic N) is 2. The van der Waals surface area contributed by atoms with Crippen molar-refractivity contribution < 1.29 is 0 Å². The number of hydrogen-bond donors (Lipinski definition) is 0. The molecule has 0 atom stereocenters. The molecule has 11 aromatic rings. The van der Waals surface area contributed by atoms with Gasteiger partial charge in [0.2, 0.25) is 0 Å². The highest BCUT2D eigenvalue weighted by Crippen LogP contribution is 2.58. The van der Waals surface area contributed by atoms with Gasteiger partial charge in [-0.3, -0.25) is 4.98 Å². The molecule has 10 aromatic carbocycles. The summed E-state index contributed by atoms with van der Waals surface area (Å²) in [4.78, 5) is 6.80. The molecule has 1 aliphatic carbocycles. The Morgan fingerprint density at radius 2 is 0.831 bits per heavy atom. The third-order valence-electron chi connectivity index (χ3n) is 12.2. The normalized spacial score (nSPS) is 11.7. The first-order chi connectivity index (χ1) is 29.3. The van der Waals surface area contributed by atoms with Crippen LogP contribution < -0.4 is 4.90 Å². The molecular formula is C57H36N2. The smallest absolute Gasteiger partial charge is 0.0546 e. The van der Waals surface area contributed by atoms with Crippen LogP contribution in [0.2, 0.25) is 0 Å². The summed E-state index contributed by atoms with van der Waals surface area (Å²) in [6.07, 6.45) is 3.76. The molecule has 59 heavy (non-hydrogen) atoms. The lowest BCUT2D eigenvalue weighted by Crippen LogP contribution is -2.10. The van der Waals surface area contributed by atoms with Gasteiger partial charge in [0.15, 0.2) is 0 Å². The fourth-order valence-electron chi connectivity index (χ4n) is 9.81. The monoisotopic (exact) mass is 748 g/mol. The average Bonchev–Trinajstić information content (AvgIpc) is 3.64. The van der Waals surface area contributed by atoms with E-state index in [0.29, 0.717) is 0 Å². The Morgan fingerprint density at radius 3 is 1.53 bits per heavy atom. The topological polar surface area (TPSA) is 16.1 Å². The zero-order valence-electron chi connectivity index (χ0n) is 32.2. The van der Waals surface area contributed by atoms with E-state index < -0.39 is 0 Å². The zero-order chi connectivity index (χ0) is 38.9. The van der Waals surface area contributed by atoms with Crippen molar-refractivity contribution in [2.75, 3.05) is 4.90 Å². The van der Waals surface area contributed by atoms with Gasteiger partial charge in [0, 0.05) is 29.2 Å². The van der Waals surface area contributed by atoms with Crippen LogP contribution in [-0.4, -0.2) is 4.98 Å². The molecule has 0 N–H and O–H groups in total. The van der Waals surface area contributed by atoms with Crippen LogP contribution in [0.5, 0.6) is 0 Å². The summed E-state index contributed by atoms with van der Waals surface area (Å²) in [7, 11) is 0. The average molecular weight is 749 g/mol. The van der Waals surface area contributed by atoms with Gasteiger partial charge in [-0.15, -0.1) is 0 Å². The lowest BCUT2D eigenvalue weighted by Gasteiger charge is -2.28. The van der Waals surface area contributed by atoms with E-state index in [1.165, 1.54) is 98.7 Å². The number of anilines is 3. The molecule has 1 heterocycles. The summed E-state index contributed by atoms with van der Waals surface area (Å²) < 4.78 is 0. The third kappa shape index (κ3) is 5.17. The van der Waals surface area contributed by atoms with Crippen LogP contribution in [0.3, 0.4) is 0 Å². The van der Waals surface area contributed by atoms with Crippen LogP contribution in [0.25, 0.3) is 98.7 Å². The van der Waals surface area contributed by atoms with Crippen molar-refractivity contribution >= 4 is 60.2 Å². The second-order valence-corrected chi connectivity index (χ2v) is 15.4. The highest BCUT2D eigenvalue weighted by atomic mass is 15.1. The SMILES string of the molecule is c1ccc(-c2c3c(c(-c4ccccc4)c4ccccc24)-c2ccc(-c4cccc(N(c5ccncc5)c5cc6ccccc6c6ccccc56)c4)c4cccc-3c24)cc1. The van der Waals surface area contributed by atoms with Crippen LogP contribution in [0, 0.1) is 0 Å². The van der Waals surface area contributed by atoms with E-state index in [1.54, 1.807) is 0 Å². The van der Waals surface area contributed by atoms with Crippen molar-refractivity contribution in [3.8, 4) is 55.6 Å². The number of aromatic nitrogens is 1. The van der Waals surface area contributed by atoms with Crippen molar-refractivity contribution in [1.82, 2.24) is 4.98 Å². The molecule has 1 aliphatic rings. The van der Waals surface area contributed by atoms with E-state index in [-0.39, 0.29) is 0 Å². The predicted octanol–water partition coefficient (Wildman–Crippen LogP) is 15.8. The molecule has 1 aromatic heterocycles. The van der Waals surface area contributed by atoms with E-state index in [9.17, 15) is 0 Å². The lowest BCUT2D eigenvalue weighted by molar-refractivity contribution is 1.25. The van der Waals surface area contributed by atoms with Gasteiger partial charge in [0.05, 0.1) is 5.69 Å². The standard InChI is InChI=1S/C57H36N2/c1-3-15-37(16-4-1)53-48-25-11-12-26-49(48)54(38-17-5-2-6-18-38)57-51-30-29-44(47-27-14-28-50(55(47)51)56(53)57)39-20-13-21-42(35-39)59(41-31-33-58-34-32-41)52-36-40-19-7-8-22-43(40)45-23-9-10-24-46(45)52/h1-36H. The second kappa shape index (κ2) is 13.4. The highest BCUT2D eigenvalue weighted by molar-refractivity contribution is 6.29. The Hall–Kier alpha value is -7.81. The molecule has 0 amide bonds. The van der Waals surface area contributed by atoms with E-state index in [0.717, 1.165) is 17.1 Å². The van der Waals surface area contributed by atoms with Gasteiger partial charge in [0.1, 0.15) is 0 Å². The Kier molecular flexibility index (Phi) is 7.57. The van der Waals surface area contributed by atoms with Crippen molar-refractivity contribution in [3.05, 3.63) is 219 Å². The van der Waals surface area contributed by atoms with Crippen LogP contribution in [0.15, 0.2) is 219 Å². The highest BCUT2D eigenvalue weighted by Gasteiger charge is 2.31. The fraction of sp³-hybridized carbons (Fsp3) is 0. The summed E-state index contributed by atoms with van der Waals surface area (Å²) in [6, 6.07) is 75.5. The molecule has 2 heteroatoms. The second-order valence-electron chi connectivity index (χ2n) is 15.4. The summed E-state index contributed by atoms with van der Waals surface area (Å²) in [5.74, 6) is 0. The van der Waals surface area contributed by atoms with Crippen LogP contribution in [0.1, 0.15) is 0 Å². The number of pyridine rings is 1. The maximum Gasteiger partial charge on any atom is 0.0546 e. The molecule has 0 radical (unpaired) electrons. The molecular weight excluding hydrogens is 713 g/mol. The maximum absolute atomic E-state index is 4.41. The van der Waals surface area contributed by atoms with Crippen LogP contribution in [0.4, 0.5) is 17.1 Å². The van der Waals surface area contributed by atoms with Gasteiger partial charge in [-0.2, -0.15) is 0 Å². The number of benzene rings is 10. The molecule has 0 saturated carbocycles. The Bertz CT molecular complexity index is 3330. The lowest BCUT2D eigenvalue weighted by atomic mass is 9.82. The Labute approximate surface area is 342 Å². The minimum atomic E-state index is 1.06. The van der Waals surface area contributed by atoms with Crippen molar-refractivity contribution in [3.63, 3.8) is 0 Å². The van der Waals surface area contributed by atoms with Gasteiger partial charge in [-0.05, 0) is 124 Å². The first-order valence-corrected chi connectivity index (χ1v) is 20.3. The third-order valence-corrected chi connectivity index (χ3v) is 12.2. The van der Waals surface area contributed by atoms with Gasteiger partial charge in [0.25, 0.3) is 0 Å². The Balaban J connectivity index is 1.10. The van der Waals surface area contributed by atoms with E-state index >= 15 is 0 Å². The molecule has 0 saturated heterocycles. The molecule has 0 aliphatic heterocycles. The molecule has 0 unspecified atom stereocenters. The van der Waals surface area contributed by atoms with Crippen LogP contribution in [-0.2, 0) is 0 Å². The van der Waals surface area contributed by atoms with Gasteiger partial charge >= 0.3 is 0 Å². The molecule has 0 bridgehead atoms. The number of fused-ring (bicyclic) bond motifs is 7. The zero-order valence-corrected chi connectivity index (χ0v) is 32.2. The molecule has 0 spiro atoms. The largest absolute Gasteiger partial charge is 0.310 e. The predicted molar refractivity (Wildman–Crippen MR) is 250 cm³/mol. The van der Waals surface area contributed by atoms with Crippen molar-refractivity contribution in [2.24, 2.45) is 0 Å². The summed E-state index contributed by atoms with van der Waals surface area (Å²) in [5, 5.41) is 10.00. The summed E-state index contributed by atoms with van der Waals surface area (Å²) >= 11 is 0. The van der Waals surface area contributed by atoms with E-state index in [2.05, 4.69) is 216 Å². The number of hydrogen-bond acceptors (Lipinski definition) is 2. The minimum Gasteiger partial charge on any atom is -0.310 e. The first kappa shape index (κ1) is 33.3. The molecule has 2 nitrogen and oxygen atoms in total. The van der Waals surface area contributed by atoms with Gasteiger partial charge in [-0.1, -0.05) is 176 Å². The van der Waals surface area contributed by atoms with Gasteiger partial charge < -0.3 is 4.90 Å². The Morgan fingerprint density at radius 1 is 0.305 bits per heavy atom. The molecule has 0 fully saturated rings. The van der Waals surface area contributed by atoms with Gasteiger partial charge in [-0.25, -0.2) is 0 Å². The molecule has 12 rings (SSSR count). The van der Waals surface area contributed by atoms with Crippen molar-refractivity contribution in [1.29, 1.82) is 0 Å². The van der Waals surface area contributed by atoms with Crippen molar-refractivity contribution in [2.45, 2.75) is 0 Å². The summed E-state index contributed by atoms with van der Waals surface area (Å²) in [6.45, 7) is 0. The van der Waals surface area contributed by atoms with E-state index in [1.807, 2.05) is 12.4 Å². The number of rotatable bonds is 6. The molecule has 274 valence electrons. The fourth-order valence-corrected chi connectivity index (χ4v) is 9.81. The maximum atomic E-state index is 4.41. The van der Waals surface area contributed by atoms with E-state index in [4.69, 9.17) is 0 Å². The minimum absolute atomic E-state index is 1.06.